The van der Waals surface area contributed by atoms with E-state index in [2.05, 4.69) is 6.92 Å². The van der Waals surface area contributed by atoms with Crippen molar-refractivity contribution in [3.63, 3.8) is 0 Å². The van der Waals surface area contributed by atoms with Crippen LogP contribution < -0.4 is 0 Å². The van der Waals surface area contributed by atoms with Crippen LogP contribution in [0, 0.1) is 0 Å². The molecule has 1 aromatic carbocycles. The van der Waals surface area contributed by atoms with Gasteiger partial charge in [-0.05, 0) is 12.0 Å². The van der Waals surface area contributed by atoms with E-state index in [1.807, 2.05) is 30.3 Å². The molecule has 0 heterocycles. The van der Waals surface area contributed by atoms with E-state index in [0.717, 1.165) is 18.6 Å². The SMILES string of the molecule is CCCOCCOCCOCCOCCOCCOCCOCCOCCOCCOCCOCCOCc1ccccc1. The van der Waals surface area contributed by atoms with Gasteiger partial charge in [0.15, 0.2) is 0 Å². The zero-order valence-corrected chi connectivity index (χ0v) is 27.0. The van der Waals surface area contributed by atoms with Gasteiger partial charge < -0.3 is 56.8 Å². The van der Waals surface area contributed by atoms with E-state index in [-0.39, 0.29) is 0 Å². The summed E-state index contributed by atoms with van der Waals surface area (Å²) < 4.78 is 65.6. The maximum atomic E-state index is 5.56. The van der Waals surface area contributed by atoms with Crippen LogP contribution in [-0.2, 0) is 63.4 Å². The van der Waals surface area contributed by atoms with Gasteiger partial charge in [-0.2, -0.15) is 0 Å². The summed E-state index contributed by atoms with van der Waals surface area (Å²) in [6.07, 6.45) is 1.03. The topological polar surface area (TPSA) is 111 Å². The molecule has 1 rings (SSSR count). The second-order valence-electron chi connectivity index (χ2n) is 9.27. The van der Waals surface area contributed by atoms with E-state index in [4.69, 9.17) is 56.8 Å². The molecule has 0 aliphatic carbocycles. The molecule has 0 fully saturated rings. The maximum Gasteiger partial charge on any atom is 0.0718 e. The highest BCUT2D eigenvalue weighted by Gasteiger charge is 1.97. The third-order valence-corrected chi connectivity index (χ3v) is 5.55. The quantitative estimate of drug-likeness (QED) is 0.100. The second kappa shape index (κ2) is 36.2. The Bertz CT molecular complexity index is 655. The van der Waals surface area contributed by atoms with E-state index < -0.39 is 0 Å². The minimum Gasteiger partial charge on any atom is -0.379 e. The van der Waals surface area contributed by atoms with Gasteiger partial charge in [-0.15, -0.1) is 0 Å². The highest BCUT2D eigenvalue weighted by Crippen LogP contribution is 2.00. The van der Waals surface area contributed by atoms with Crippen LogP contribution in [0.4, 0.5) is 0 Å². The van der Waals surface area contributed by atoms with Crippen LogP contribution in [0.2, 0.25) is 0 Å². The van der Waals surface area contributed by atoms with Gasteiger partial charge in [0.2, 0.25) is 0 Å². The summed E-state index contributed by atoms with van der Waals surface area (Å²) in [6.45, 7) is 15.3. The van der Waals surface area contributed by atoms with E-state index in [9.17, 15) is 0 Å². The third kappa shape index (κ3) is 32.1. The first-order chi connectivity index (χ1) is 21.9. The Kier molecular flexibility index (Phi) is 33.5. The minimum atomic E-state index is 0.516. The summed E-state index contributed by atoms with van der Waals surface area (Å²) >= 11 is 0. The fourth-order valence-electron chi connectivity index (χ4n) is 3.33. The zero-order valence-electron chi connectivity index (χ0n) is 27.0. The molecule has 0 aliphatic heterocycles. The van der Waals surface area contributed by atoms with Crippen molar-refractivity contribution in [1.82, 2.24) is 0 Å². The first kappa shape index (κ1) is 40.8. The molecule has 258 valence electrons. The van der Waals surface area contributed by atoms with Crippen molar-refractivity contribution in [2.24, 2.45) is 0 Å². The first-order valence-corrected chi connectivity index (χ1v) is 15.9. The number of benzene rings is 1. The van der Waals surface area contributed by atoms with E-state index in [1.165, 1.54) is 0 Å². The minimum absolute atomic E-state index is 0.516. The summed E-state index contributed by atoms with van der Waals surface area (Å²) in [5.41, 5.74) is 1.16. The average Bonchev–Trinajstić information content (AvgIpc) is 3.05. The largest absolute Gasteiger partial charge is 0.379 e. The lowest BCUT2D eigenvalue weighted by Crippen LogP contribution is -2.15. The van der Waals surface area contributed by atoms with Gasteiger partial charge in [0.1, 0.15) is 0 Å². The predicted octanol–water partition coefficient (Wildman–Crippen LogP) is 2.80. The molecule has 1 aromatic rings. The molecule has 0 N–H and O–H groups in total. The molecule has 0 aromatic heterocycles. The van der Waals surface area contributed by atoms with Gasteiger partial charge in [-0.1, -0.05) is 37.3 Å². The lowest BCUT2D eigenvalue weighted by Gasteiger charge is -2.09. The first-order valence-electron chi connectivity index (χ1n) is 15.9. The normalized spacial score (nSPS) is 11.5. The van der Waals surface area contributed by atoms with Crippen molar-refractivity contribution in [1.29, 1.82) is 0 Å². The zero-order chi connectivity index (χ0) is 31.3. The molecule has 0 saturated carbocycles. The fourth-order valence-corrected chi connectivity index (χ4v) is 3.33. The van der Waals surface area contributed by atoms with E-state index >= 15 is 0 Å². The van der Waals surface area contributed by atoms with Crippen LogP contribution in [0.25, 0.3) is 0 Å². The van der Waals surface area contributed by atoms with Crippen LogP contribution >= 0.6 is 0 Å². The Labute approximate surface area is 264 Å². The Morgan fingerprint density at radius 2 is 0.523 bits per heavy atom. The Balaban J connectivity index is 1.61. The Morgan fingerprint density at radius 1 is 0.295 bits per heavy atom. The molecular weight excluding hydrogens is 576 g/mol. The molecule has 0 spiro atoms. The van der Waals surface area contributed by atoms with Gasteiger partial charge in [-0.25, -0.2) is 0 Å². The van der Waals surface area contributed by atoms with Gasteiger partial charge in [0, 0.05) is 6.61 Å². The van der Waals surface area contributed by atoms with E-state index in [1.54, 1.807) is 0 Å². The summed E-state index contributed by atoms with van der Waals surface area (Å²) in [5.74, 6) is 0. The molecule has 0 aliphatic rings. The summed E-state index contributed by atoms with van der Waals surface area (Å²) in [4.78, 5) is 0. The summed E-state index contributed by atoms with van der Waals surface area (Å²) in [6, 6.07) is 10.1. The highest BCUT2D eigenvalue weighted by molar-refractivity contribution is 5.13. The highest BCUT2D eigenvalue weighted by atomic mass is 16.6. The molecular formula is C32H58O12. The van der Waals surface area contributed by atoms with Crippen molar-refractivity contribution in [2.45, 2.75) is 20.0 Å². The molecule has 12 heteroatoms. The molecule has 44 heavy (non-hydrogen) atoms. The number of rotatable bonds is 37. The lowest BCUT2D eigenvalue weighted by molar-refractivity contribution is -0.0285. The van der Waals surface area contributed by atoms with Gasteiger partial charge in [-0.3, -0.25) is 0 Å². The summed E-state index contributed by atoms with van der Waals surface area (Å²) in [7, 11) is 0. The van der Waals surface area contributed by atoms with Crippen LogP contribution in [0.1, 0.15) is 18.9 Å². The van der Waals surface area contributed by atoms with Crippen molar-refractivity contribution in [3.05, 3.63) is 35.9 Å². The molecule has 12 nitrogen and oxygen atoms in total. The van der Waals surface area contributed by atoms with Crippen LogP contribution in [0.3, 0.4) is 0 Å². The molecule has 0 bridgehead atoms. The monoisotopic (exact) mass is 634 g/mol. The van der Waals surface area contributed by atoms with Crippen molar-refractivity contribution in [3.8, 4) is 0 Å². The second-order valence-corrected chi connectivity index (χ2v) is 9.27. The van der Waals surface area contributed by atoms with Crippen LogP contribution in [-0.4, -0.2) is 152 Å². The summed E-state index contributed by atoms with van der Waals surface area (Å²) in [5, 5.41) is 0. The van der Waals surface area contributed by atoms with Crippen LogP contribution in [0.5, 0.6) is 0 Å². The Hall–Kier alpha value is -1.26. The van der Waals surface area contributed by atoms with E-state index in [0.29, 0.717) is 152 Å². The third-order valence-electron chi connectivity index (χ3n) is 5.55. The standard InChI is InChI=1S/C32H58O12/c1-2-8-33-9-10-34-11-12-35-13-14-36-15-16-37-17-18-38-19-20-39-21-22-40-23-24-41-25-26-42-27-28-43-29-30-44-31-32-6-4-3-5-7-32/h3-7H,2,8-31H2,1H3. The number of hydrogen-bond donors (Lipinski definition) is 0. The molecule has 0 radical (unpaired) electrons. The number of ether oxygens (including phenoxy) is 12. The fraction of sp³-hybridized carbons (Fsp3) is 0.812. The van der Waals surface area contributed by atoms with Crippen molar-refractivity contribution in [2.75, 3.05) is 152 Å². The van der Waals surface area contributed by atoms with Crippen molar-refractivity contribution < 1.29 is 56.8 Å². The molecule has 0 atom stereocenters. The average molecular weight is 635 g/mol. The van der Waals surface area contributed by atoms with Gasteiger partial charge >= 0.3 is 0 Å². The lowest BCUT2D eigenvalue weighted by atomic mass is 10.2. The van der Waals surface area contributed by atoms with Gasteiger partial charge in [0.05, 0.1) is 152 Å². The number of hydrogen-bond acceptors (Lipinski definition) is 12. The predicted molar refractivity (Wildman–Crippen MR) is 165 cm³/mol. The molecule has 0 unspecified atom stereocenters. The van der Waals surface area contributed by atoms with Crippen molar-refractivity contribution >= 4 is 0 Å². The molecule has 0 saturated heterocycles. The smallest absolute Gasteiger partial charge is 0.0718 e. The molecule has 0 amide bonds. The Morgan fingerprint density at radius 3 is 0.773 bits per heavy atom. The van der Waals surface area contributed by atoms with Gasteiger partial charge in [0.25, 0.3) is 0 Å². The van der Waals surface area contributed by atoms with Crippen LogP contribution in [0.15, 0.2) is 30.3 Å². The maximum absolute atomic E-state index is 5.56.